The molecule has 2 aromatic carbocycles. The topological polar surface area (TPSA) is 64.6 Å². The zero-order valence-electron chi connectivity index (χ0n) is 14.7. The standard InChI is InChI=1S/C20H23NO4S/c1-26(22,23)19-4-2-3-17(12-19)24-16-7-5-15(6-8-16)21-13-14-11-18-9-10-20(14)25-18/h2-8,12,14,18,20-21H,9-11,13H2,1H3. The summed E-state index contributed by atoms with van der Waals surface area (Å²) in [5.74, 6) is 1.78. The van der Waals surface area contributed by atoms with Gasteiger partial charge in [0.25, 0.3) is 0 Å². The van der Waals surface area contributed by atoms with Crippen LogP contribution in [0.3, 0.4) is 0 Å². The van der Waals surface area contributed by atoms with E-state index in [0.29, 0.717) is 29.6 Å². The Morgan fingerprint density at radius 3 is 2.58 bits per heavy atom. The average molecular weight is 373 g/mol. The first kappa shape index (κ1) is 17.4. The fourth-order valence-electron chi connectivity index (χ4n) is 3.75. The van der Waals surface area contributed by atoms with Crippen molar-refractivity contribution in [2.45, 2.75) is 36.4 Å². The molecule has 2 heterocycles. The van der Waals surface area contributed by atoms with Crippen LogP contribution in [0.4, 0.5) is 5.69 Å². The quantitative estimate of drug-likeness (QED) is 0.833. The van der Waals surface area contributed by atoms with Crippen LogP contribution in [0.15, 0.2) is 53.4 Å². The second-order valence-corrected chi connectivity index (χ2v) is 9.14. The predicted octanol–water partition coefficient (Wildman–Crippen LogP) is 3.86. The Morgan fingerprint density at radius 1 is 1.12 bits per heavy atom. The minimum atomic E-state index is -3.24. The summed E-state index contributed by atoms with van der Waals surface area (Å²) in [5.41, 5.74) is 1.05. The maximum Gasteiger partial charge on any atom is 0.175 e. The van der Waals surface area contributed by atoms with Crippen molar-refractivity contribution >= 4 is 15.5 Å². The van der Waals surface area contributed by atoms with Crippen LogP contribution in [0.25, 0.3) is 0 Å². The van der Waals surface area contributed by atoms with E-state index in [0.717, 1.165) is 18.7 Å². The molecule has 0 amide bonds. The van der Waals surface area contributed by atoms with Gasteiger partial charge in [-0.25, -0.2) is 8.42 Å². The molecule has 2 fully saturated rings. The number of hydrogen-bond acceptors (Lipinski definition) is 5. The molecule has 0 radical (unpaired) electrons. The van der Waals surface area contributed by atoms with Crippen molar-refractivity contribution < 1.29 is 17.9 Å². The third-order valence-electron chi connectivity index (χ3n) is 5.12. The average Bonchev–Trinajstić information content (AvgIpc) is 3.24. The van der Waals surface area contributed by atoms with Crippen molar-refractivity contribution in [1.82, 2.24) is 0 Å². The lowest BCUT2D eigenvalue weighted by Crippen LogP contribution is -2.24. The van der Waals surface area contributed by atoms with E-state index in [1.165, 1.54) is 25.2 Å². The van der Waals surface area contributed by atoms with Gasteiger partial charge in [-0.3, -0.25) is 0 Å². The summed E-state index contributed by atoms with van der Waals surface area (Å²) >= 11 is 0. The molecule has 2 bridgehead atoms. The summed E-state index contributed by atoms with van der Waals surface area (Å²) in [4.78, 5) is 0.251. The highest BCUT2D eigenvalue weighted by Gasteiger charge is 2.40. The Hall–Kier alpha value is -2.05. The summed E-state index contributed by atoms with van der Waals surface area (Å²) < 4.78 is 34.9. The molecule has 2 aromatic rings. The van der Waals surface area contributed by atoms with Crippen molar-refractivity contribution in [2.75, 3.05) is 18.1 Å². The molecular weight excluding hydrogens is 350 g/mol. The second kappa shape index (κ2) is 6.93. The Labute approximate surface area is 154 Å². The molecule has 3 unspecified atom stereocenters. The molecule has 26 heavy (non-hydrogen) atoms. The Balaban J connectivity index is 1.36. The molecule has 6 heteroatoms. The van der Waals surface area contributed by atoms with E-state index in [2.05, 4.69) is 5.32 Å². The van der Waals surface area contributed by atoms with Gasteiger partial charge in [0, 0.05) is 24.4 Å². The molecule has 138 valence electrons. The molecule has 0 saturated carbocycles. The second-order valence-electron chi connectivity index (χ2n) is 7.12. The third-order valence-corrected chi connectivity index (χ3v) is 6.23. The summed E-state index contributed by atoms with van der Waals surface area (Å²) in [5, 5.41) is 3.48. The van der Waals surface area contributed by atoms with Gasteiger partial charge in [0.05, 0.1) is 17.1 Å². The summed E-state index contributed by atoms with van der Waals surface area (Å²) in [6.07, 6.45) is 5.66. The molecule has 3 atom stereocenters. The normalized spacial score (nSPS) is 24.6. The van der Waals surface area contributed by atoms with Gasteiger partial charge in [-0.15, -0.1) is 0 Å². The number of ether oxygens (including phenoxy) is 2. The molecule has 4 rings (SSSR count). The molecule has 0 aliphatic carbocycles. The summed E-state index contributed by atoms with van der Waals surface area (Å²) in [6.45, 7) is 0.928. The van der Waals surface area contributed by atoms with Gasteiger partial charge in [0.15, 0.2) is 9.84 Å². The first-order valence-electron chi connectivity index (χ1n) is 8.95. The fraction of sp³-hybridized carbons (Fsp3) is 0.400. The van der Waals surface area contributed by atoms with Crippen LogP contribution >= 0.6 is 0 Å². The van der Waals surface area contributed by atoms with E-state index in [9.17, 15) is 8.42 Å². The molecule has 1 N–H and O–H groups in total. The molecule has 2 aliphatic rings. The highest BCUT2D eigenvalue weighted by molar-refractivity contribution is 7.90. The zero-order valence-corrected chi connectivity index (χ0v) is 15.5. The molecule has 5 nitrogen and oxygen atoms in total. The van der Waals surface area contributed by atoms with Crippen LogP contribution in [0.5, 0.6) is 11.5 Å². The Bertz CT molecular complexity index is 879. The zero-order chi connectivity index (χ0) is 18.1. The van der Waals surface area contributed by atoms with Crippen molar-refractivity contribution in [3.63, 3.8) is 0 Å². The lowest BCUT2D eigenvalue weighted by Gasteiger charge is -2.19. The molecule has 2 aliphatic heterocycles. The summed E-state index contributed by atoms with van der Waals surface area (Å²) in [7, 11) is -3.24. The van der Waals surface area contributed by atoms with Gasteiger partial charge in [0.1, 0.15) is 11.5 Å². The number of anilines is 1. The van der Waals surface area contributed by atoms with E-state index in [-0.39, 0.29) is 4.90 Å². The maximum atomic E-state index is 11.6. The minimum Gasteiger partial charge on any atom is -0.457 e. The summed E-state index contributed by atoms with van der Waals surface area (Å²) in [6, 6.07) is 14.2. The van der Waals surface area contributed by atoms with Crippen LogP contribution < -0.4 is 10.1 Å². The molecule has 2 saturated heterocycles. The van der Waals surface area contributed by atoms with Crippen molar-refractivity contribution in [1.29, 1.82) is 0 Å². The SMILES string of the molecule is CS(=O)(=O)c1cccc(Oc2ccc(NCC3CC4CCC3O4)cc2)c1. The van der Waals surface area contributed by atoms with Gasteiger partial charge in [-0.2, -0.15) is 0 Å². The van der Waals surface area contributed by atoms with Crippen molar-refractivity contribution in [3.05, 3.63) is 48.5 Å². The van der Waals surface area contributed by atoms with Crippen LogP contribution in [-0.2, 0) is 14.6 Å². The third kappa shape index (κ3) is 3.86. The van der Waals surface area contributed by atoms with E-state index in [4.69, 9.17) is 9.47 Å². The van der Waals surface area contributed by atoms with Crippen LogP contribution in [0, 0.1) is 5.92 Å². The first-order chi connectivity index (χ1) is 12.5. The van der Waals surface area contributed by atoms with Crippen molar-refractivity contribution in [2.24, 2.45) is 5.92 Å². The van der Waals surface area contributed by atoms with Crippen LogP contribution in [0.1, 0.15) is 19.3 Å². The Kier molecular flexibility index (Phi) is 4.63. The lowest BCUT2D eigenvalue weighted by atomic mass is 9.89. The first-order valence-corrected chi connectivity index (χ1v) is 10.8. The van der Waals surface area contributed by atoms with E-state index < -0.39 is 9.84 Å². The smallest absolute Gasteiger partial charge is 0.175 e. The van der Waals surface area contributed by atoms with Gasteiger partial charge < -0.3 is 14.8 Å². The van der Waals surface area contributed by atoms with Gasteiger partial charge in [0.2, 0.25) is 0 Å². The highest BCUT2D eigenvalue weighted by Crippen LogP contribution is 2.38. The van der Waals surface area contributed by atoms with E-state index in [1.54, 1.807) is 18.2 Å². The minimum absolute atomic E-state index is 0.251. The number of rotatable bonds is 6. The number of fused-ring (bicyclic) bond motifs is 2. The molecular formula is C20H23NO4S. The van der Waals surface area contributed by atoms with Gasteiger partial charge in [-0.1, -0.05) is 6.07 Å². The Morgan fingerprint density at radius 2 is 1.92 bits per heavy atom. The monoisotopic (exact) mass is 373 g/mol. The van der Waals surface area contributed by atoms with E-state index >= 15 is 0 Å². The van der Waals surface area contributed by atoms with Crippen molar-refractivity contribution in [3.8, 4) is 11.5 Å². The maximum absolute atomic E-state index is 11.6. The predicted molar refractivity (Wildman–Crippen MR) is 101 cm³/mol. The molecule has 0 aromatic heterocycles. The number of benzene rings is 2. The van der Waals surface area contributed by atoms with E-state index in [1.807, 2.05) is 24.3 Å². The highest BCUT2D eigenvalue weighted by atomic mass is 32.2. The fourth-order valence-corrected chi connectivity index (χ4v) is 4.41. The van der Waals surface area contributed by atoms with Gasteiger partial charge >= 0.3 is 0 Å². The lowest BCUT2D eigenvalue weighted by molar-refractivity contribution is 0.0941. The number of hydrogen-bond donors (Lipinski definition) is 1. The van der Waals surface area contributed by atoms with Crippen LogP contribution in [-0.4, -0.2) is 33.4 Å². The van der Waals surface area contributed by atoms with Gasteiger partial charge in [-0.05, 0) is 61.7 Å². The molecule has 0 spiro atoms. The van der Waals surface area contributed by atoms with Crippen LogP contribution in [0.2, 0.25) is 0 Å². The largest absolute Gasteiger partial charge is 0.457 e. The number of nitrogens with one attached hydrogen (secondary N) is 1. The number of sulfone groups is 1.